The van der Waals surface area contributed by atoms with Gasteiger partial charge in [-0.3, -0.25) is 4.79 Å². The van der Waals surface area contributed by atoms with Crippen LogP contribution in [0.4, 0.5) is 0 Å². The topological polar surface area (TPSA) is 33.5 Å². The van der Waals surface area contributed by atoms with E-state index in [1.54, 1.807) is 14.0 Å². The average molecular weight is 167 g/mol. The monoisotopic (exact) mass is 167 g/mol. The second-order valence-electron chi connectivity index (χ2n) is 2.52. The summed E-state index contributed by atoms with van der Waals surface area (Å²) in [4.78, 5) is 14.6. The average Bonchev–Trinajstić information content (AvgIpc) is 2.03. The summed E-state index contributed by atoms with van der Waals surface area (Å²) >= 11 is 0. The number of carbonyl (C=O) groups excluding carboxylic acids is 1. The molecule has 0 saturated heterocycles. The van der Waals surface area contributed by atoms with Crippen molar-refractivity contribution >= 4 is 5.91 Å². The highest BCUT2D eigenvalue weighted by Gasteiger charge is 1.98. The van der Waals surface area contributed by atoms with Crippen molar-refractivity contribution < 1.29 is 4.79 Å². The molecule has 0 heterocycles. The summed E-state index contributed by atoms with van der Waals surface area (Å²) < 4.78 is 0. The van der Waals surface area contributed by atoms with Crippen LogP contribution in [-0.2, 0) is 4.79 Å². The number of nitrogens with zero attached hydrogens (tertiary/aromatic N) is 1. The Morgan fingerprint density at radius 2 is 2.33 bits per heavy atom. The fraction of sp³-hybridized carbons (Fsp3) is 0.556. The van der Waals surface area contributed by atoms with Gasteiger partial charge in [-0.05, 0) is 13.3 Å². The fourth-order valence-corrected chi connectivity index (χ4v) is 0.632. The molecule has 66 valence electrons. The minimum atomic E-state index is -0.0802. The number of hydrogen-bond acceptors (Lipinski definition) is 1. The summed E-state index contributed by atoms with van der Waals surface area (Å²) in [5, 5.41) is 2.72. The van der Waals surface area contributed by atoms with Crippen LogP contribution in [0.2, 0.25) is 0 Å². The van der Waals surface area contributed by atoms with E-state index in [0.29, 0.717) is 12.1 Å². The van der Waals surface area contributed by atoms with Gasteiger partial charge in [-0.1, -0.05) is 11.4 Å². The van der Waals surface area contributed by atoms with E-state index in [1.807, 2.05) is 0 Å². The van der Waals surface area contributed by atoms with Crippen LogP contribution in [-0.4, -0.2) is 19.5 Å². The number of nitrogens with one attached hydrogen (secondary N) is 1. The molecule has 12 heavy (non-hydrogen) atoms. The van der Waals surface area contributed by atoms with Gasteiger partial charge < -0.3 is 5.32 Å². The molecule has 0 aromatic carbocycles. The molecule has 0 unspecified atom stereocenters. The molecular formula is C9H15N2O+. The van der Waals surface area contributed by atoms with Crippen molar-refractivity contribution in [2.24, 2.45) is 0 Å². The maximum atomic E-state index is 10.9. The first-order valence-corrected chi connectivity index (χ1v) is 3.94. The Labute approximate surface area is 73.3 Å². The Kier molecular flexibility index (Phi) is 5.72. The lowest BCUT2D eigenvalue weighted by Gasteiger charge is -2.00. The van der Waals surface area contributed by atoms with Crippen LogP contribution in [0, 0.1) is 6.07 Å². The van der Waals surface area contributed by atoms with Gasteiger partial charge in [0.05, 0.1) is 6.42 Å². The molecule has 0 spiro atoms. The van der Waals surface area contributed by atoms with Gasteiger partial charge in [-0.25, -0.2) is 0 Å². The smallest absolute Gasteiger partial charge is 0.272 e. The van der Waals surface area contributed by atoms with E-state index in [0.717, 1.165) is 12.8 Å². The number of carbonyl (C=O) groups is 1. The van der Waals surface area contributed by atoms with E-state index >= 15 is 0 Å². The summed E-state index contributed by atoms with van der Waals surface area (Å²) in [5.41, 5.74) is 0.545. The first kappa shape index (κ1) is 10.7. The molecule has 3 heteroatoms. The van der Waals surface area contributed by atoms with Crippen molar-refractivity contribution in [3.8, 4) is 6.07 Å². The molecule has 1 amide bonds. The molecule has 0 saturated carbocycles. The third kappa shape index (κ3) is 5.48. The molecule has 0 aromatic heterocycles. The number of amides is 1. The largest absolute Gasteiger partial charge is 0.352 e. The van der Waals surface area contributed by atoms with Gasteiger partial charge >= 0.3 is 0 Å². The SMILES string of the molecule is C=C(C)C(=O)NCCCC#[N+]C. The van der Waals surface area contributed by atoms with Crippen LogP contribution in [0.15, 0.2) is 12.2 Å². The van der Waals surface area contributed by atoms with Gasteiger partial charge in [0, 0.05) is 12.1 Å². The Hall–Kier alpha value is -1.30. The van der Waals surface area contributed by atoms with E-state index in [2.05, 4.69) is 22.8 Å². The van der Waals surface area contributed by atoms with Gasteiger partial charge in [0.15, 0.2) is 0 Å². The normalized spacial score (nSPS) is 8.17. The highest BCUT2D eigenvalue weighted by Crippen LogP contribution is 1.88. The first-order chi connectivity index (χ1) is 5.68. The molecule has 0 aromatic rings. The van der Waals surface area contributed by atoms with Gasteiger partial charge in [-0.15, -0.1) is 0 Å². The molecule has 3 nitrogen and oxygen atoms in total. The van der Waals surface area contributed by atoms with E-state index in [4.69, 9.17) is 0 Å². The molecule has 0 aliphatic rings. The van der Waals surface area contributed by atoms with Crippen LogP contribution >= 0.6 is 0 Å². The maximum absolute atomic E-state index is 10.9. The maximum Gasteiger partial charge on any atom is 0.272 e. The van der Waals surface area contributed by atoms with Gasteiger partial charge in [0.25, 0.3) is 13.1 Å². The quantitative estimate of drug-likeness (QED) is 0.498. The fourth-order valence-electron chi connectivity index (χ4n) is 0.632. The van der Waals surface area contributed by atoms with Gasteiger partial charge in [0.2, 0.25) is 5.91 Å². The Balaban J connectivity index is 3.36. The van der Waals surface area contributed by atoms with E-state index in [-0.39, 0.29) is 5.91 Å². The summed E-state index contributed by atoms with van der Waals surface area (Å²) in [7, 11) is 1.69. The standard InChI is InChI=1S/C9H14N2O/c1-8(2)9(12)11-7-5-4-6-10-3/h1,4-5,7H2,2-3H3/p+1. The van der Waals surface area contributed by atoms with Crippen LogP contribution < -0.4 is 5.32 Å². The lowest BCUT2D eigenvalue weighted by Crippen LogP contribution is -2.24. The predicted molar refractivity (Wildman–Crippen MR) is 50.2 cm³/mol. The summed E-state index contributed by atoms with van der Waals surface area (Å²) in [5.74, 6) is -0.0802. The predicted octanol–water partition coefficient (Wildman–Crippen LogP) is 1.42. The second-order valence-corrected chi connectivity index (χ2v) is 2.52. The molecule has 0 atom stereocenters. The highest BCUT2D eigenvalue weighted by atomic mass is 16.1. The van der Waals surface area contributed by atoms with Crippen LogP contribution in [0.25, 0.3) is 4.85 Å². The van der Waals surface area contributed by atoms with Crippen LogP contribution in [0.1, 0.15) is 19.8 Å². The van der Waals surface area contributed by atoms with Crippen molar-refractivity contribution in [1.82, 2.24) is 5.32 Å². The summed E-state index contributed by atoms with van der Waals surface area (Å²) in [6, 6.07) is 2.80. The van der Waals surface area contributed by atoms with Gasteiger partial charge in [-0.2, -0.15) is 0 Å². The molecule has 0 bridgehead atoms. The van der Waals surface area contributed by atoms with Crippen molar-refractivity contribution in [2.75, 3.05) is 13.6 Å². The Morgan fingerprint density at radius 3 is 2.83 bits per heavy atom. The van der Waals surface area contributed by atoms with Crippen molar-refractivity contribution in [1.29, 1.82) is 0 Å². The molecule has 0 radical (unpaired) electrons. The van der Waals surface area contributed by atoms with Crippen LogP contribution in [0.3, 0.4) is 0 Å². The van der Waals surface area contributed by atoms with Gasteiger partial charge in [0.1, 0.15) is 0 Å². The molecule has 0 rings (SSSR count). The number of rotatable bonds is 4. The first-order valence-electron chi connectivity index (χ1n) is 3.94. The number of unbranched alkanes of at least 4 members (excludes halogenated alkanes) is 1. The minimum absolute atomic E-state index is 0.0802. The lowest BCUT2D eigenvalue weighted by atomic mass is 10.3. The number of hydrogen-bond donors (Lipinski definition) is 1. The molecule has 0 aliphatic heterocycles. The van der Waals surface area contributed by atoms with E-state index in [1.165, 1.54) is 0 Å². The van der Waals surface area contributed by atoms with Crippen LogP contribution in [0.5, 0.6) is 0 Å². The zero-order chi connectivity index (χ0) is 9.40. The Bertz CT molecular complexity index is 222. The van der Waals surface area contributed by atoms with Crippen molar-refractivity contribution in [3.63, 3.8) is 0 Å². The third-order valence-electron chi connectivity index (χ3n) is 1.30. The zero-order valence-corrected chi connectivity index (χ0v) is 7.68. The summed E-state index contributed by atoms with van der Waals surface area (Å²) in [6.07, 6.45) is 1.66. The molecule has 0 fully saturated rings. The highest BCUT2D eigenvalue weighted by molar-refractivity contribution is 5.91. The zero-order valence-electron chi connectivity index (χ0n) is 7.68. The Morgan fingerprint density at radius 1 is 1.67 bits per heavy atom. The minimum Gasteiger partial charge on any atom is -0.352 e. The lowest BCUT2D eigenvalue weighted by molar-refractivity contribution is -0.117. The molecular weight excluding hydrogens is 152 g/mol. The van der Waals surface area contributed by atoms with E-state index in [9.17, 15) is 4.79 Å². The van der Waals surface area contributed by atoms with Crippen molar-refractivity contribution in [2.45, 2.75) is 19.8 Å². The van der Waals surface area contributed by atoms with Crippen molar-refractivity contribution in [3.05, 3.63) is 17.0 Å². The third-order valence-corrected chi connectivity index (χ3v) is 1.30. The molecule has 0 aliphatic carbocycles. The summed E-state index contributed by atoms with van der Waals surface area (Å²) in [6.45, 7) is 5.87. The van der Waals surface area contributed by atoms with E-state index < -0.39 is 0 Å². The molecule has 1 N–H and O–H groups in total. The second kappa shape index (κ2) is 6.41.